The van der Waals surface area contributed by atoms with E-state index in [9.17, 15) is 9.59 Å². The number of rotatable bonds is 4. The van der Waals surface area contributed by atoms with Crippen LogP contribution in [0.5, 0.6) is 0 Å². The van der Waals surface area contributed by atoms with E-state index in [4.69, 9.17) is 6.42 Å². The average Bonchev–Trinajstić information content (AvgIpc) is 2.81. The van der Waals surface area contributed by atoms with Crippen LogP contribution < -0.4 is 0 Å². The molecule has 4 atom stereocenters. The summed E-state index contributed by atoms with van der Waals surface area (Å²) in [6.45, 7) is 11.9. The molecule has 2 aliphatic carbocycles. The van der Waals surface area contributed by atoms with Crippen LogP contribution in [-0.4, -0.2) is 11.6 Å². The van der Waals surface area contributed by atoms with E-state index >= 15 is 0 Å². The van der Waals surface area contributed by atoms with Gasteiger partial charge in [-0.2, -0.15) is 0 Å². The second-order valence-electron chi connectivity index (χ2n) is 8.21. The van der Waals surface area contributed by atoms with Gasteiger partial charge in [0.1, 0.15) is 11.6 Å². The molecule has 0 amide bonds. The molecule has 0 spiro atoms. The molecule has 0 heterocycles. The van der Waals surface area contributed by atoms with E-state index in [1.54, 1.807) is 0 Å². The summed E-state index contributed by atoms with van der Waals surface area (Å²) in [7, 11) is 0. The van der Waals surface area contributed by atoms with Gasteiger partial charge in [-0.1, -0.05) is 39.7 Å². The third-order valence-corrected chi connectivity index (χ3v) is 6.40. The lowest BCUT2D eigenvalue weighted by Crippen LogP contribution is -2.53. The van der Waals surface area contributed by atoms with E-state index in [1.807, 2.05) is 26.8 Å². The zero-order chi connectivity index (χ0) is 16.8. The highest BCUT2D eigenvalue weighted by Crippen LogP contribution is 2.60. The zero-order valence-corrected chi connectivity index (χ0v) is 14.4. The van der Waals surface area contributed by atoms with Crippen molar-refractivity contribution in [2.24, 2.45) is 28.1 Å². The topological polar surface area (TPSA) is 34.1 Å². The summed E-state index contributed by atoms with van der Waals surface area (Å²) in [5.74, 6) is 3.17. The predicted molar refractivity (Wildman–Crippen MR) is 89.1 cm³/mol. The smallest absolute Gasteiger partial charge is 0.140 e. The first kappa shape index (κ1) is 17.0. The molecule has 0 saturated heterocycles. The van der Waals surface area contributed by atoms with Crippen molar-refractivity contribution in [3.8, 4) is 12.3 Å². The Morgan fingerprint density at radius 1 is 1.50 bits per heavy atom. The maximum Gasteiger partial charge on any atom is 0.140 e. The van der Waals surface area contributed by atoms with Crippen LogP contribution >= 0.6 is 0 Å². The summed E-state index contributed by atoms with van der Waals surface area (Å²) in [5, 5.41) is 0. The van der Waals surface area contributed by atoms with Gasteiger partial charge in [-0.15, -0.1) is 13.0 Å². The Hall–Kier alpha value is -1.36. The summed E-state index contributed by atoms with van der Waals surface area (Å²) in [5.41, 5.74) is -1.29. The standard InChI is InChI=1S/C20H28O2/c1-7-18(4,5)13-16(22)19(6)14(3)9-11-20(8-2)12-10-15(21)17(19)20/h2,7,14,17H,1,9-13H2,3-6H3/t14-,17?,19+,20+/m1/s1. The fraction of sp³-hybridized carbons (Fsp3) is 0.700. The number of hydrogen-bond acceptors (Lipinski definition) is 2. The van der Waals surface area contributed by atoms with Crippen LogP contribution in [0.15, 0.2) is 12.7 Å². The molecule has 0 bridgehead atoms. The van der Waals surface area contributed by atoms with Crippen molar-refractivity contribution >= 4 is 11.6 Å². The first-order valence-electron chi connectivity index (χ1n) is 8.30. The normalized spacial score (nSPS) is 38.2. The van der Waals surface area contributed by atoms with E-state index in [-0.39, 0.29) is 28.8 Å². The van der Waals surface area contributed by atoms with Crippen molar-refractivity contribution in [3.05, 3.63) is 12.7 Å². The molecule has 0 aliphatic heterocycles. The van der Waals surface area contributed by atoms with Gasteiger partial charge in [-0.25, -0.2) is 0 Å². The lowest BCUT2D eigenvalue weighted by Gasteiger charge is -2.50. The molecule has 0 aromatic rings. The lowest BCUT2D eigenvalue weighted by atomic mass is 9.50. The van der Waals surface area contributed by atoms with E-state index < -0.39 is 10.8 Å². The fourth-order valence-electron chi connectivity index (χ4n) is 4.52. The fourth-order valence-corrected chi connectivity index (χ4v) is 4.52. The molecular weight excluding hydrogens is 272 g/mol. The van der Waals surface area contributed by atoms with Gasteiger partial charge >= 0.3 is 0 Å². The summed E-state index contributed by atoms with van der Waals surface area (Å²) < 4.78 is 0. The first-order valence-corrected chi connectivity index (χ1v) is 8.30. The van der Waals surface area contributed by atoms with Crippen LogP contribution in [0.4, 0.5) is 0 Å². The number of terminal acetylenes is 1. The van der Waals surface area contributed by atoms with Crippen molar-refractivity contribution in [2.75, 3.05) is 0 Å². The molecule has 0 N–H and O–H groups in total. The molecule has 2 heteroatoms. The first-order chi connectivity index (χ1) is 10.1. The Morgan fingerprint density at radius 3 is 2.68 bits per heavy atom. The van der Waals surface area contributed by atoms with Crippen LogP contribution in [0.2, 0.25) is 0 Å². The third-order valence-electron chi connectivity index (χ3n) is 6.40. The maximum absolute atomic E-state index is 13.2. The predicted octanol–water partition coefficient (Wildman–Crippen LogP) is 4.19. The van der Waals surface area contributed by atoms with E-state index in [2.05, 4.69) is 19.4 Å². The van der Waals surface area contributed by atoms with Crippen molar-refractivity contribution in [2.45, 2.75) is 59.8 Å². The van der Waals surface area contributed by atoms with Gasteiger partial charge < -0.3 is 0 Å². The SMILES string of the molecule is C#C[C@]12CCC(=O)C1[C@](C)(C(=O)CC(C)(C)C=C)[C@H](C)CC2. The monoisotopic (exact) mass is 300 g/mol. The molecule has 2 fully saturated rings. The lowest BCUT2D eigenvalue weighted by molar-refractivity contribution is -0.149. The van der Waals surface area contributed by atoms with Crippen molar-refractivity contribution in [3.63, 3.8) is 0 Å². The number of hydrogen-bond donors (Lipinski definition) is 0. The average molecular weight is 300 g/mol. The van der Waals surface area contributed by atoms with Gasteiger partial charge in [0, 0.05) is 29.6 Å². The van der Waals surface area contributed by atoms with Crippen molar-refractivity contribution in [1.82, 2.24) is 0 Å². The Kier molecular flexibility index (Phi) is 4.15. The number of Topliss-reactive ketones (excluding diaryl/α,β-unsaturated/α-hetero) is 2. The Morgan fingerprint density at radius 2 is 2.14 bits per heavy atom. The Bertz CT molecular complexity index is 551. The molecule has 22 heavy (non-hydrogen) atoms. The van der Waals surface area contributed by atoms with Gasteiger partial charge in [-0.3, -0.25) is 9.59 Å². The van der Waals surface area contributed by atoms with Gasteiger partial charge in [0.15, 0.2) is 0 Å². The number of carbonyl (C=O) groups is 2. The molecule has 2 rings (SSSR count). The minimum absolute atomic E-state index is 0.171. The Labute approximate surface area is 134 Å². The highest BCUT2D eigenvalue weighted by molar-refractivity contribution is 5.95. The van der Waals surface area contributed by atoms with Crippen molar-refractivity contribution in [1.29, 1.82) is 0 Å². The number of ketones is 2. The minimum Gasteiger partial charge on any atom is -0.299 e. The third kappa shape index (κ3) is 2.35. The molecule has 2 saturated carbocycles. The zero-order valence-electron chi connectivity index (χ0n) is 14.4. The minimum atomic E-state index is -0.640. The molecule has 2 nitrogen and oxygen atoms in total. The quantitative estimate of drug-likeness (QED) is 0.576. The van der Waals surface area contributed by atoms with Crippen LogP contribution in [0, 0.1) is 40.4 Å². The second-order valence-corrected chi connectivity index (χ2v) is 8.21. The molecule has 2 aliphatic rings. The van der Waals surface area contributed by atoms with Crippen LogP contribution in [0.1, 0.15) is 59.8 Å². The van der Waals surface area contributed by atoms with Gasteiger partial charge in [0.25, 0.3) is 0 Å². The molecule has 1 unspecified atom stereocenters. The molecule has 0 aromatic carbocycles. The summed E-state index contributed by atoms with van der Waals surface area (Å²) in [6.07, 6.45) is 11.1. The van der Waals surface area contributed by atoms with Crippen LogP contribution in [0.3, 0.4) is 0 Å². The van der Waals surface area contributed by atoms with Gasteiger partial charge in [0.2, 0.25) is 0 Å². The summed E-state index contributed by atoms with van der Waals surface area (Å²) >= 11 is 0. The molecule has 0 radical (unpaired) electrons. The molecular formula is C20H28O2. The van der Waals surface area contributed by atoms with E-state index in [0.717, 1.165) is 19.3 Å². The van der Waals surface area contributed by atoms with Crippen LogP contribution in [0.25, 0.3) is 0 Å². The number of allylic oxidation sites excluding steroid dienone is 1. The van der Waals surface area contributed by atoms with Gasteiger partial charge in [-0.05, 0) is 30.6 Å². The second kappa shape index (κ2) is 5.37. The van der Waals surface area contributed by atoms with Crippen molar-refractivity contribution < 1.29 is 9.59 Å². The van der Waals surface area contributed by atoms with Gasteiger partial charge in [0.05, 0.1) is 0 Å². The summed E-state index contributed by atoms with van der Waals surface area (Å²) in [6, 6.07) is 0. The van der Waals surface area contributed by atoms with Crippen LogP contribution in [-0.2, 0) is 9.59 Å². The highest BCUT2D eigenvalue weighted by atomic mass is 16.1. The number of fused-ring (bicyclic) bond motifs is 1. The van der Waals surface area contributed by atoms with E-state index in [0.29, 0.717) is 12.8 Å². The molecule has 0 aromatic heterocycles. The molecule has 120 valence electrons. The number of carbonyl (C=O) groups excluding carboxylic acids is 2. The largest absolute Gasteiger partial charge is 0.299 e. The highest BCUT2D eigenvalue weighted by Gasteiger charge is 2.62. The Balaban J connectivity index is 2.45. The van der Waals surface area contributed by atoms with E-state index in [1.165, 1.54) is 0 Å². The maximum atomic E-state index is 13.2. The summed E-state index contributed by atoms with van der Waals surface area (Å²) in [4.78, 5) is 25.8.